The Morgan fingerprint density at radius 1 is 1.35 bits per heavy atom. The number of aliphatic imine (C=N–C) groups is 1. The Hall–Kier alpha value is -1.55. The molecule has 0 saturated carbocycles. The number of aryl methyl sites for hydroxylation is 1. The number of aliphatic hydroxyl groups is 1. The molecule has 0 saturated heterocycles. The molecule has 2 rings (SSSR count). The number of aromatic nitrogens is 1. The fourth-order valence-electron chi connectivity index (χ4n) is 2.24. The first-order chi connectivity index (χ1) is 11.8. The SMILES string of the molecule is CCNC(=NCc1cc(C(C)C)no1)NCC(C)(O)c1ccc(C)o1.I. The summed E-state index contributed by atoms with van der Waals surface area (Å²) >= 11 is 0. The van der Waals surface area contributed by atoms with Crippen LogP contribution in [0.3, 0.4) is 0 Å². The van der Waals surface area contributed by atoms with Crippen molar-refractivity contribution in [1.29, 1.82) is 0 Å². The number of furan rings is 1. The van der Waals surface area contributed by atoms with Crippen LogP contribution in [-0.2, 0) is 12.1 Å². The highest BCUT2D eigenvalue weighted by molar-refractivity contribution is 14.0. The van der Waals surface area contributed by atoms with Gasteiger partial charge in [0.25, 0.3) is 0 Å². The summed E-state index contributed by atoms with van der Waals surface area (Å²) in [5.74, 6) is 2.90. The molecule has 0 aliphatic rings. The second kappa shape index (κ2) is 9.96. The van der Waals surface area contributed by atoms with Crippen LogP contribution in [0.5, 0.6) is 0 Å². The Balaban J connectivity index is 0.00000338. The number of guanidine groups is 1. The fourth-order valence-corrected chi connectivity index (χ4v) is 2.24. The van der Waals surface area contributed by atoms with Crippen LogP contribution in [0.25, 0.3) is 0 Å². The first-order valence-electron chi connectivity index (χ1n) is 8.58. The zero-order valence-corrected chi connectivity index (χ0v) is 18.3. The van der Waals surface area contributed by atoms with E-state index in [4.69, 9.17) is 8.94 Å². The Labute approximate surface area is 171 Å². The van der Waals surface area contributed by atoms with Crippen molar-refractivity contribution >= 4 is 29.9 Å². The van der Waals surface area contributed by atoms with Crippen LogP contribution in [0.2, 0.25) is 0 Å². The van der Waals surface area contributed by atoms with Gasteiger partial charge in [0.1, 0.15) is 23.7 Å². The molecule has 0 fully saturated rings. The smallest absolute Gasteiger partial charge is 0.191 e. The molecule has 1 atom stereocenters. The predicted molar refractivity (Wildman–Crippen MR) is 112 cm³/mol. The highest BCUT2D eigenvalue weighted by atomic mass is 127. The number of halogens is 1. The molecule has 0 aromatic carbocycles. The third-order valence-corrected chi connectivity index (χ3v) is 3.78. The van der Waals surface area contributed by atoms with Crippen LogP contribution in [0.1, 0.15) is 56.6 Å². The number of nitrogens with zero attached hydrogens (tertiary/aromatic N) is 2. The Morgan fingerprint density at radius 3 is 2.62 bits per heavy atom. The van der Waals surface area contributed by atoms with E-state index in [0.717, 1.165) is 11.5 Å². The topological polar surface area (TPSA) is 95.8 Å². The van der Waals surface area contributed by atoms with E-state index in [1.807, 2.05) is 26.0 Å². The van der Waals surface area contributed by atoms with Gasteiger partial charge in [0.05, 0.1) is 12.2 Å². The number of rotatable bonds is 7. The second-order valence-corrected chi connectivity index (χ2v) is 6.61. The van der Waals surface area contributed by atoms with E-state index in [1.165, 1.54) is 0 Å². The van der Waals surface area contributed by atoms with Gasteiger partial charge >= 0.3 is 0 Å². The summed E-state index contributed by atoms with van der Waals surface area (Å²) < 4.78 is 10.8. The molecule has 0 spiro atoms. The third kappa shape index (κ3) is 6.31. The van der Waals surface area contributed by atoms with E-state index in [1.54, 1.807) is 13.0 Å². The van der Waals surface area contributed by atoms with Gasteiger partial charge in [0, 0.05) is 12.6 Å². The molecule has 2 aromatic heterocycles. The van der Waals surface area contributed by atoms with Gasteiger partial charge in [-0.05, 0) is 38.8 Å². The average Bonchev–Trinajstić information content (AvgIpc) is 3.19. The molecular formula is C18H29IN4O3. The quantitative estimate of drug-likeness (QED) is 0.323. The molecule has 146 valence electrons. The van der Waals surface area contributed by atoms with E-state index in [0.29, 0.717) is 36.5 Å². The zero-order valence-electron chi connectivity index (χ0n) is 16.0. The van der Waals surface area contributed by atoms with Crippen molar-refractivity contribution in [2.24, 2.45) is 4.99 Å². The number of hydrogen-bond donors (Lipinski definition) is 3. The van der Waals surface area contributed by atoms with Gasteiger partial charge in [-0.25, -0.2) is 4.99 Å². The van der Waals surface area contributed by atoms with Gasteiger partial charge in [-0.3, -0.25) is 0 Å². The Bertz CT molecular complexity index is 707. The molecule has 1 unspecified atom stereocenters. The van der Waals surface area contributed by atoms with E-state index in [9.17, 15) is 5.11 Å². The van der Waals surface area contributed by atoms with E-state index in [2.05, 4.69) is 34.6 Å². The minimum Gasteiger partial charge on any atom is -0.463 e. The lowest BCUT2D eigenvalue weighted by Gasteiger charge is -2.22. The van der Waals surface area contributed by atoms with Gasteiger partial charge in [-0.2, -0.15) is 0 Å². The molecule has 0 aliphatic carbocycles. The average molecular weight is 476 g/mol. The van der Waals surface area contributed by atoms with Gasteiger partial charge in [0.15, 0.2) is 11.7 Å². The largest absolute Gasteiger partial charge is 0.463 e. The van der Waals surface area contributed by atoms with Crippen molar-refractivity contribution in [3.63, 3.8) is 0 Å². The molecule has 3 N–H and O–H groups in total. The highest BCUT2D eigenvalue weighted by Crippen LogP contribution is 2.21. The summed E-state index contributed by atoms with van der Waals surface area (Å²) in [4.78, 5) is 4.48. The molecule has 2 heterocycles. The molecule has 0 aliphatic heterocycles. The van der Waals surface area contributed by atoms with Gasteiger partial charge in [0.2, 0.25) is 0 Å². The van der Waals surface area contributed by atoms with Crippen molar-refractivity contribution in [3.05, 3.63) is 41.2 Å². The molecule has 0 bridgehead atoms. The van der Waals surface area contributed by atoms with E-state index < -0.39 is 5.60 Å². The number of nitrogens with one attached hydrogen (secondary N) is 2. The fraction of sp³-hybridized carbons (Fsp3) is 0.556. The first-order valence-corrected chi connectivity index (χ1v) is 8.58. The van der Waals surface area contributed by atoms with E-state index >= 15 is 0 Å². The third-order valence-electron chi connectivity index (χ3n) is 3.78. The Kier molecular flexibility index (Phi) is 8.61. The minimum atomic E-state index is -1.14. The van der Waals surface area contributed by atoms with Crippen LogP contribution in [0.4, 0.5) is 0 Å². The van der Waals surface area contributed by atoms with Gasteiger partial charge in [-0.15, -0.1) is 24.0 Å². The summed E-state index contributed by atoms with van der Waals surface area (Å²) in [5.41, 5.74) is -0.221. The lowest BCUT2D eigenvalue weighted by molar-refractivity contribution is 0.0378. The van der Waals surface area contributed by atoms with Crippen molar-refractivity contribution < 1.29 is 14.0 Å². The summed E-state index contributed by atoms with van der Waals surface area (Å²) in [6.45, 7) is 11.0. The Morgan fingerprint density at radius 2 is 2.08 bits per heavy atom. The van der Waals surface area contributed by atoms with Crippen molar-refractivity contribution in [1.82, 2.24) is 15.8 Å². The lowest BCUT2D eigenvalue weighted by Crippen LogP contribution is -2.44. The van der Waals surface area contributed by atoms with Gasteiger partial charge < -0.3 is 24.7 Å². The molecular weight excluding hydrogens is 447 g/mol. The van der Waals surface area contributed by atoms with Gasteiger partial charge in [-0.1, -0.05) is 19.0 Å². The maximum absolute atomic E-state index is 10.6. The highest BCUT2D eigenvalue weighted by Gasteiger charge is 2.27. The van der Waals surface area contributed by atoms with Crippen LogP contribution >= 0.6 is 24.0 Å². The maximum atomic E-state index is 10.6. The monoisotopic (exact) mass is 476 g/mol. The molecule has 26 heavy (non-hydrogen) atoms. The molecule has 2 aromatic rings. The van der Waals surface area contributed by atoms with Crippen LogP contribution in [-0.4, -0.2) is 29.3 Å². The normalized spacial score (nSPS) is 14.0. The summed E-state index contributed by atoms with van der Waals surface area (Å²) in [5, 5.41) is 20.9. The minimum absolute atomic E-state index is 0. The number of hydrogen-bond acceptors (Lipinski definition) is 5. The van der Waals surface area contributed by atoms with Crippen molar-refractivity contribution in [2.45, 2.75) is 52.7 Å². The van der Waals surface area contributed by atoms with Crippen LogP contribution < -0.4 is 10.6 Å². The predicted octanol–water partition coefficient (Wildman–Crippen LogP) is 3.28. The zero-order chi connectivity index (χ0) is 18.4. The van der Waals surface area contributed by atoms with Crippen molar-refractivity contribution in [2.75, 3.05) is 13.1 Å². The summed E-state index contributed by atoms with van der Waals surface area (Å²) in [6.07, 6.45) is 0. The van der Waals surface area contributed by atoms with Crippen LogP contribution in [0.15, 0.2) is 32.1 Å². The molecule has 0 amide bonds. The van der Waals surface area contributed by atoms with E-state index in [-0.39, 0.29) is 30.5 Å². The van der Waals surface area contributed by atoms with Crippen LogP contribution in [0, 0.1) is 6.92 Å². The standard InChI is InChI=1S/C18H28N4O3.HI/c1-6-19-17(20-10-14-9-15(12(2)3)22-25-14)21-11-18(5,23)16-8-7-13(4)24-16;/h7-9,12,23H,6,10-11H2,1-5H3,(H2,19,20,21);1H. The molecule has 0 radical (unpaired) electrons. The lowest BCUT2D eigenvalue weighted by atomic mass is 10.0. The second-order valence-electron chi connectivity index (χ2n) is 6.61. The molecule has 8 heteroatoms. The first kappa shape index (κ1) is 22.5. The summed E-state index contributed by atoms with van der Waals surface area (Å²) in [6, 6.07) is 5.53. The van der Waals surface area contributed by atoms with Crippen molar-refractivity contribution in [3.8, 4) is 0 Å². The maximum Gasteiger partial charge on any atom is 0.191 e. The molecule has 7 nitrogen and oxygen atoms in total. The summed E-state index contributed by atoms with van der Waals surface area (Å²) in [7, 11) is 0.